The van der Waals surface area contributed by atoms with Crippen LogP contribution in [-0.4, -0.2) is 18.2 Å². The van der Waals surface area contributed by atoms with E-state index in [2.05, 4.69) is 5.32 Å². The molecule has 0 saturated carbocycles. The van der Waals surface area contributed by atoms with E-state index in [-0.39, 0.29) is 0 Å². The number of hydrogen-bond acceptors (Lipinski definition) is 3. The van der Waals surface area contributed by atoms with Gasteiger partial charge in [0.15, 0.2) is 0 Å². The van der Waals surface area contributed by atoms with Crippen molar-refractivity contribution in [3.8, 4) is 5.75 Å². The third-order valence-corrected chi connectivity index (χ3v) is 3.07. The Morgan fingerprint density at radius 2 is 2.05 bits per heavy atom. The molecule has 0 aliphatic rings. The van der Waals surface area contributed by atoms with Gasteiger partial charge in [-0.25, -0.2) is 4.79 Å². The van der Waals surface area contributed by atoms with Crippen LogP contribution in [0.25, 0.3) is 0 Å². The summed E-state index contributed by atoms with van der Waals surface area (Å²) in [7, 11) is 1.65. The van der Waals surface area contributed by atoms with Gasteiger partial charge in [-0.15, -0.1) is 0 Å². The molecule has 0 saturated heterocycles. The average Bonchev–Trinajstić information content (AvgIpc) is 2.45. The summed E-state index contributed by atoms with van der Waals surface area (Å²) in [6.07, 6.45) is 0. The Kier molecular flexibility index (Phi) is 4.25. The van der Waals surface area contributed by atoms with Gasteiger partial charge in [0.1, 0.15) is 5.75 Å². The molecule has 0 aliphatic carbocycles. The molecule has 2 N–H and O–H groups in total. The van der Waals surface area contributed by atoms with Crippen LogP contribution in [0, 0.1) is 6.92 Å². The third-order valence-electron chi connectivity index (χ3n) is 3.07. The zero-order valence-electron chi connectivity index (χ0n) is 11.5. The number of ether oxygens (including phenoxy) is 1. The number of aromatic carboxylic acids is 1. The molecule has 0 spiro atoms. The molecule has 0 bridgehead atoms. The first-order chi connectivity index (χ1) is 9.60. The molecule has 20 heavy (non-hydrogen) atoms. The summed E-state index contributed by atoms with van der Waals surface area (Å²) >= 11 is 0. The maximum atomic E-state index is 10.9. The predicted molar refractivity (Wildman–Crippen MR) is 78.5 cm³/mol. The number of carboxylic acid groups (broad SMARTS) is 1. The summed E-state index contributed by atoms with van der Waals surface area (Å²) in [5.74, 6) is -0.0597. The van der Waals surface area contributed by atoms with Gasteiger partial charge in [0.2, 0.25) is 0 Å². The van der Waals surface area contributed by atoms with Crippen molar-refractivity contribution in [3.05, 3.63) is 59.2 Å². The lowest BCUT2D eigenvalue weighted by molar-refractivity contribution is 0.0697. The van der Waals surface area contributed by atoms with Crippen LogP contribution in [0.3, 0.4) is 0 Å². The van der Waals surface area contributed by atoms with Gasteiger partial charge in [-0.05, 0) is 48.4 Å². The number of anilines is 1. The molecule has 4 nitrogen and oxygen atoms in total. The fraction of sp³-hybridized carbons (Fsp3) is 0.188. The summed E-state index contributed by atoms with van der Waals surface area (Å²) < 4.78 is 5.21. The minimum absolute atomic E-state index is 0.301. The zero-order chi connectivity index (χ0) is 14.5. The van der Waals surface area contributed by atoms with Crippen LogP contribution >= 0.6 is 0 Å². The molecule has 0 amide bonds. The Bertz CT molecular complexity index is 623. The van der Waals surface area contributed by atoms with E-state index in [1.54, 1.807) is 25.3 Å². The normalized spacial score (nSPS) is 10.1. The molecule has 104 valence electrons. The van der Waals surface area contributed by atoms with E-state index in [9.17, 15) is 4.79 Å². The monoisotopic (exact) mass is 271 g/mol. The molecular weight excluding hydrogens is 254 g/mol. The highest BCUT2D eigenvalue weighted by molar-refractivity contribution is 5.87. The topological polar surface area (TPSA) is 58.6 Å². The number of benzene rings is 2. The molecule has 0 radical (unpaired) electrons. The van der Waals surface area contributed by atoms with Crippen LogP contribution in [0.15, 0.2) is 42.5 Å². The summed E-state index contributed by atoms with van der Waals surface area (Å²) in [5, 5.41) is 12.2. The highest BCUT2D eigenvalue weighted by atomic mass is 16.5. The summed E-state index contributed by atoms with van der Waals surface area (Å²) in [4.78, 5) is 10.9. The second-order valence-electron chi connectivity index (χ2n) is 4.54. The van der Waals surface area contributed by atoms with Crippen LogP contribution < -0.4 is 10.1 Å². The van der Waals surface area contributed by atoms with Crippen molar-refractivity contribution in [2.24, 2.45) is 0 Å². The highest BCUT2D eigenvalue weighted by Crippen LogP contribution is 2.21. The molecule has 0 unspecified atom stereocenters. The van der Waals surface area contributed by atoms with Crippen molar-refractivity contribution < 1.29 is 14.6 Å². The first kappa shape index (κ1) is 13.9. The van der Waals surface area contributed by atoms with Crippen LogP contribution in [0.4, 0.5) is 5.69 Å². The minimum atomic E-state index is -0.910. The second kappa shape index (κ2) is 6.10. The van der Waals surface area contributed by atoms with Crippen LogP contribution in [0.1, 0.15) is 21.5 Å². The molecule has 0 heterocycles. The standard InChI is InChI=1S/C16H17NO3/c1-11-8-14(6-7-15(11)20-2)17-10-12-4-3-5-13(9-12)16(18)19/h3-9,17H,10H2,1-2H3,(H,18,19). The number of carbonyl (C=O) groups is 1. The van der Waals surface area contributed by atoms with Gasteiger partial charge in [0.05, 0.1) is 12.7 Å². The van der Waals surface area contributed by atoms with Gasteiger partial charge < -0.3 is 15.2 Å². The van der Waals surface area contributed by atoms with Crippen molar-refractivity contribution in [1.82, 2.24) is 0 Å². The Morgan fingerprint density at radius 1 is 1.25 bits per heavy atom. The quantitative estimate of drug-likeness (QED) is 0.876. The molecule has 0 fully saturated rings. The van der Waals surface area contributed by atoms with Crippen molar-refractivity contribution in [1.29, 1.82) is 0 Å². The summed E-state index contributed by atoms with van der Waals surface area (Å²) in [5.41, 5.74) is 3.26. The molecule has 2 aromatic carbocycles. The highest BCUT2D eigenvalue weighted by Gasteiger charge is 2.04. The number of carboxylic acids is 1. The van der Waals surface area contributed by atoms with Crippen molar-refractivity contribution >= 4 is 11.7 Å². The predicted octanol–water partition coefficient (Wildman–Crippen LogP) is 3.31. The van der Waals surface area contributed by atoms with Gasteiger partial charge in [-0.2, -0.15) is 0 Å². The van der Waals surface area contributed by atoms with Crippen molar-refractivity contribution in [3.63, 3.8) is 0 Å². The fourth-order valence-electron chi connectivity index (χ4n) is 2.01. The molecule has 2 rings (SSSR count). The van der Waals surface area contributed by atoms with Crippen molar-refractivity contribution in [2.75, 3.05) is 12.4 Å². The van der Waals surface area contributed by atoms with Gasteiger partial charge in [0, 0.05) is 12.2 Å². The lowest BCUT2D eigenvalue weighted by atomic mass is 10.1. The van der Waals surface area contributed by atoms with Gasteiger partial charge in [0.25, 0.3) is 0 Å². The Balaban J connectivity index is 2.07. The van der Waals surface area contributed by atoms with Crippen LogP contribution in [0.2, 0.25) is 0 Å². The smallest absolute Gasteiger partial charge is 0.335 e. The number of aryl methyl sites for hydroxylation is 1. The first-order valence-corrected chi connectivity index (χ1v) is 6.31. The lowest BCUT2D eigenvalue weighted by Crippen LogP contribution is -2.02. The van der Waals surface area contributed by atoms with Gasteiger partial charge in [-0.3, -0.25) is 0 Å². The lowest BCUT2D eigenvalue weighted by Gasteiger charge is -2.10. The average molecular weight is 271 g/mol. The van der Waals surface area contributed by atoms with Gasteiger partial charge in [-0.1, -0.05) is 12.1 Å². The summed E-state index contributed by atoms with van der Waals surface area (Å²) in [6.45, 7) is 2.56. The van der Waals surface area contributed by atoms with E-state index >= 15 is 0 Å². The van der Waals surface area contributed by atoms with E-state index in [0.717, 1.165) is 22.6 Å². The van der Waals surface area contributed by atoms with E-state index in [0.29, 0.717) is 12.1 Å². The first-order valence-electron chi connectivity index (χ1n) is 6.31. The second-order valence-corrected chi connectivity index (χ2v) is 4.54. The Morgan fingerprint density at radius 3 is 2.70 bits per heavy atom. The maximum Gasteiger partial charge on any atom is 0.335 e. The number of rotatable bonds is 5. The van der Waals surface area contributed by atoms with Crippen molar-refractivity contribution in [2.45, 2.75) is 13.5 Å². The van der Waals surface area contributed by atoms with E-state index < -0.39 is 5.97 Å². The number of methoxy groups -OCH3 is 1. The SMILES string of the molecule is COc1ccc(NCc2cccc(C(=O)O)c2)cc1C. The van der Waals surface area contributed by atoms with Crippen LogP contribution in [0.5, 0.6) is 5.75 Å². The number of nitrogens with one attached hydrogen (secondary N) is 1. The van der Waals surface area contributed by atoms with E-state index in [4.69, 9.17) is 9.84 Å². The number of hydrogen-bond donors (Lipinski definition) is 2. The molecule has 0 aromatic heterocycles. The molecular formula is C16H17NO3. The third kappa shape index (κ3) is 3.29. The molecule has 4 heteroatoms. The largest absolute Gasteiger partial charge is 0.496 e. The van der Waals surface area contributed by atoms with E-state index in [1.165, 1.54) is 0 Å². The van der Waals surface area contributed by atoms with Crippen LogP contribution in [-0.2, 0) is 6.54 Å². The zero-order valence-corrected chi connectivity index (χ0v) is 11.5. The molecule has 0 atom stereocenters. The fourth-order valence-corrected chi connectivity index (χ4v) is 2.01. The molecule has 0 aliphatic heterocycles. The van der Waals surface area contributed by atoms with E-state index in [1.807, 2.05) is 31.2 Å². The Labute approximate surface area is 118 Å². The molecule has 2 aromatic rings. The van der Waals surface area contributed by atoms with Gasteiger partial charge >= 0.3 is 5.97 Å². The Hall–Kier alpha value is -2.49. The minimum Gasteiger partial charge on any atom is -0.496 e. The summed E-state index contributed by atoms with van der Waals surface area (Å²) in [6, 6.07) is 12.8. The maximum absolute atomic E-state index is 10.9.